The van der Waals surface area contributed by atoms with E-state index in [1.165, 1.54) is 12.8 Å². The second-order valence-electron chi connectivity index (χ2n) is 7.03. The molecule has 1 aliphatic rings. The van der Waals surface area contributed by atoms with E-state index in [9.17, 15) is 4.79 Å². The Balaban J connectivity index is 2.24. The maximum atomic E-state index is 11.8. The van der Waals surface area contributed by atoms with Crippen LogP contribution in [-0.4, -0.2) is 44.0 Å². The fourth-order valence-corrected chi connectivity index (χ4v) is 2.48. The Hall–Kier alpha value is -0.810. The standard InChI is InChI=1S/C16H32N2O3/c1-15(2,3)21-14(19)18-13(12-17-4)8-6-7-9-16(20-5)10-11-16/h13,17H,6-12H2,1-5H3,(H,18,19). The van der Waals surface area contributed by atoms with Crippen molar-refractivity contribution in [1.82, 2.24) is 10.6 Å². The molecule has 0 aromatic carbocycles. The molecule has 1 saturated carbocycles. The van der Waals surface area contributed by atoms with Crippen molar-refractivity contribution >= 4 is 6.09 Å². The maximum absolute atomic E-state index is 11.8. The van der Waals surface area contributed by atoms with E-state index in [0.29, 0.717) is 0 Å². The zero-order valence-electron chi connectivity index (χ0n) is 14.3. The Bertz CT molecular complexity index is 322. The van der Waals surface area contributed by atoms with Crippen molar-refractivity contribution in [3.8, 4) is 0 Å². The molecule has 124 valence electrons. The largest absolute Gasteiger partial charge is 0.444 e. The molecule has 1 unspecified atom stereocenters. The van der Waals surface area contributed by atoms with Crippen LogP contribution in [0.25, 0.3) is 0 Å². The van der Waals surface area contributed by atoms with Gasteiger partial charge in [-0.05, 0) is 53.5 Å². The van der Waals surface area contributed by atoms with E-state index in [0.717, 1.165) is 32.2 Å². The second kappa shape index (κ2) is 7.99. The van der Waals surface area contributed by atoms with Gasteiger partial charge in [0, 0.05) is 19.7 Å². The first kappa shape index (κ1) is 18.2. The molecular formula is C16H32N2O3. The predicted octanol–water partition coefficient (Wildman–Crippen LogP) is 2.84. The Kier molecular flexibility index (Phi) is 6.94. The predicted molar refractivity (Wildman–Crippen MR) is 84.5 cm³/mol. The van der Waals surface area contributed by atoms with Crippen LogP contribution in [0.2, 0.25) is 0 Å². The number of carbonyl (C=O) groups excluding carboxylic acids is 1. The van der Waals surface area contributed by atoms with Crippen molar-refractivity contribution in [2.75, 3.05) is 20.7 Å². The number of nitrogens with one attached hydrogen (secondary N) is 2. The van der Waals surface area contributed by atoms with Crippen LogP contribution >= 0.6 is 0 Å². The molecule has 1 amide bonds. The number of carbonyl (C=O) groups is 1. The van der Waals surface area contributed by atoms with Gasteiger partial charge < -0.3 is 20.1 Å². The van der Waals surface area contributed by atoms with E-state index in [1.54, 1.807) is 7.11 Å². The van der Waals surface area contributed by atoms with Crippen LogP contribution in [0.1, 0.15) is 59.3 Å². The van der Waals surface area contributed by atoms with Gasteiger partial charge in [0.25, 0.3) is 0 Å². The molecule has 1 rings (SSSR count). The van der Waals surface area contributed by atoms with E-state index in [4.69, 9.17) is 9.47 Å². The molecule has 5 nitrogen and oxygen atoms in total. The molecule has 1 fully saturated rings. The number of unbranched alkanes of at least 4 members (excludes halogenated alkanes) is 1. The van der Waals surface area contributed by atoms with E-state index in [-0.39, 0.29) is 17.7 Å². The van der Waals surface area contributed by atoms with Crippen molar-refractivity contribution in [1.29, 1.82) is 0 Å². The minimum Gasteiger partial charge on any atom is -0.444 e. The van der Waals surface area contributed by atoms with Gasteiger partial charge in [-0.1, -0.05) is 12.8 Å². The molecule has 0 heterocycles. The van der Waals surface area contributed by atoms with Gasteiger partial charge in [0.15, 0.2) is 0 Å². The summed E-state index contributed by atoms with van der Waals surface area (Å²) in [5, 5.41) is 6.07. The second-order valence-corrected chi connectivity index (χ2v) is 7.03. The zero-order chi connectivity index (χ0) is 15.9. The van der Waals surface area contributed by atoms with Crippen LogP contribution in [0.4, 0.5) is 4.79 Å². The van der Waals surface area contributed by atoms with Crippen molar-refractivity contribution < 1.29 is 14.3 Å². The quantitative estimate of drug-likeness (QED) is 0.643. The Labute approximate surface area is 129 Å². The number of hydrogen-bond acceptors (Lipinski definition) is 4. The number of rotatable bonds is 9. The lowest BCUT2D eigenvalue weighted by Crippen LogP contribution is -2.43. The number of hydrogen-bond donors (Lipinski definition) is 2. The Morgan fingerprint density at radius 1 is 1.29 bits per heavy atom. The molecule has 2 N–H and O–H groups in total. The van der Waals surface area contributed by atoms with Crippen molar-refractivity contribution in [2.24, 2.45) is 0 Å². The zero-order valence-corrected chi connectivity index (χ0v) is 14.3. The van der Waals surface area contributed by atoms with E-state index in [1.807, 2.05) is 27.8 Å². The topological polar surface area (TPSA) is 59.6 Å². The van der Waals surface area contributed by atoms with Crippen LogP contribution in [0.15, 0.2) is 0 Å². The molecule has 5 heteroatoms. The lowest BCUT2D eigenvalue weighted by atomic mass is 10.0. The Morgan fingerprint density at radius 3 is 2.43 bits per heavy atom. The van der Waals surface area contributed by atoms with E-state index in [2.05, 4.69) is 10.6 Å². The van der Waals surface area contributed by atoms with Crippen LogP contribution < -0.4 is 10.6 Å². The summed E-state index contributed by atoms with van der Waals surface area (Å²) in [6.07, 6.45) is 6.37. The first-order valence-electron chi connectivity index (χ1n) is 7.99. The van der Waals surface area contributed by atoms with Crippen LogP contribution in [0, 0.1) is 0 Å². The van der Waals surface area contributed by atoms with Gasteiger partial charge in [-0.3, -0.25) is 0 Å². The number of alkyl carbamates (subject to hydrolysis) is 1. The van der Waals surface area contributed by atoms with Gasteiger partial charge in [-0.15, -0.1) is 0 Å². The molecule has 21 heavy (non-hydrogen) atoms. The van der Waals surface area contributed by atoms with Gasteiger partial charge in [0.2, 0.25) is 0 Å². The Morgan fingerprint density at radius 2 is 1.95 bits per heavy atom. The summed E-state index contributed by atoms with van der Waals surface area (Å²) in [6, 6.07) is 0.113. The van der Waals surface area contributed by atoms with Crippen molar-refractivity contribution in [2.45, 2.75) is 76.5 Å². The maximum Gasteiger partial charge on any atom is 0.407 e. The molecule has 0 bridgehead atoms. The molecule has 1 aliphatic carbocycles. The van der Waals surface area contributed by atoms with Crippen LogP contribution in [-0.2, 0) is 9.47 Å². The monoisotopic (exact) mass is 300 g/mol. The molecule has 0 saturated heterocycles. The summed E-state index contributed by atoms with van der Waals surface area (Å²) in [5.41, 5.74) is -0.276. The highest BCUT2D eigenvalue weighted by Gasteiger charge is 2.41. The third-order valence-corrected chi connectivity index (χ3v) is 3.85. The first-order valence-corrected chi connectivity index (χ1v) is 7.99. The van der Waals surface area contributed by atoms with Gasteiger partial charge in [-0.25, -0.2) is 4.79 Å². The normalized spacial score (nSPS) is 18.1. The molecule has 1 atom stereocenters. The molecule has 0 aromatic rings. The molecule has 0 spiro atoms. The number of ether oxygens (including phenoxy) is 2. The van der Waals surface area contributed by atoms with Crippen molar-refractivity contribution in [3.63, 3.8) is 0 Å². The third-order valence-electron chi connectivity index (χ3n) is 3.85. The third kappa shape index (κ3) is 7.67. The molecule has 0 aliphatic heterocycles. The van der Waals surface area contributed by atoms with E-state index < -0.39 is 5.60 Å². The molecule has 0 aromatic heterocycles. The summed E-state index contributed by atoms with van der Waals surface area (Å²) >= 11 is 0. The highest BCUT2D eigenvalue weighted by molar-refractivity contribution is 5.68. The van der Waals surface area contributed by atoms with E-state index >= 15 is 0 Å². The summed E-state index contributed by atoms with van der Waals surface area (Å²) in [6.45, 7) is 6.38. The van der Waals surface area contributed by atoms with Crippen LogP contribution in [0.5, 0.6) is 0 Å². The first-order chi connectivity index (χ1) is 9.80. The van der Waals surface area contributed by atoms with Gasteiger partial charge in [0.1, 0.15) is 5.60 Å². The van der Waals surface area contributed by atoms with Gasteiger partial charge in [0.05, 0.1) is 5.60 Å². The highest BCUT2D eigenvalue weighted by atomic mass is 16.6. The fraction of sp³-hybridized carbons (Fsp3) is 0.938. The summed E-state index contributed by atoms with van der Waals surface area (Å²) in [4.78, 5) is 11.8. The molecular weight excluding hydrogens is 268 g/mol. The lowest BCUT2D eigenvalue weighted by molar-refractivity contribution is 0.0498. The highest BCUT2D eigenvalue weighted by Crippen LogP contribution is 2.43. The smallest absolute Gasteiger partial charge is 0.407 e. The number of amides is 1. The fourth-order valence-electron chi connectivity index (χ4n) is 2.48. The molecule has 0 radical (unpaired) electrons. The lowest BCUT2D eigenvalue weighted by Gasteiger charge is -2.23. The average molecular weight is 300 g/mol. The number of methoxy groups -OCH3 is 1. The van der Waals surface area contributed by atoms with Crippen molar-refractivity contribution in [3.05, 3.63) is 0 Å². The SMILES string of the molecule is CNCC(CCCCC1(OC)CC1)NC(=O)OC(C)(C)C. The van der Waals surface area contributed by atoms with Gasteiger partial charge >= 0.3 is 6.09 Å². The minimum atomic E-state index is -0.453. The summed E-state index contributed by atoms with van der Waals surface area (Å²) in [7, 11) is 3.70. The summed E-state index contributed by atoms with van der Waals surface area (Å²) < 4.78 is 10.8. The number of likely N-dealkylation sites (N-methyl/N-ethyl adjacent to an activating group) is 1. The minimum absolute atomic E-state index is 0.113. The van der Waals surface area contributed by atoms with Crippen LogP contribution in [0.3, 0.4) is 0 Å². The summed E-state index contributed by atoms with van der Waals surface area (Å²) in [5.74, 6) is 0. The van der Waals surface area contributed by atoms with Gasteiger partial charge in [-0.2, -0.15) is 0 Å². The average Bonchev–Trinajstić information content (AvgIpc) is 3.13.